The summed E-state index contributed by atoms with van der Waals surface area (Å²) in [6, 6.07) is -0.697. The summed E-state index contributed by atoms with van der Waals surface area (Å²) in [6.07, 6.45) is 2.30. The van der Waals surface area contributed by atoms with Crippen molar-refractivity contribution in [2.45, 2.75) is 32.7 Å². The summed E-state index contributed by atoms with van der Waals surface area (Å²) in [6.45, 7) is 3.85. The van der Waals surface area contributed by atoms with Crippen LogP contribution in [0.5, 0.6) is 0 Å². The van der Waals surface area contributed by atoms with Crippen LogP contribution in [0.2, 0.25) is 0 Å². The van der Waals surface area contributed by atoms with E-state index in [9.17, 15) is 9.59 Å². The highest BCUT2D eigenvalue weighted by Gasteiger charge is 2.27. The van der Waals surface area contributed by atoms with Gasteiger partial charge in [-0.25, -0.2) is 4.79 Å². The highest BCUT2D eigenvalue weighted by molar-refractivity contribution is 5.76. The van der Waals surface area contributed by atoms with Crippen molar-refractivity contribution >= 4 is 12.4 Å². The molecule has 0 saturated carbocycles. The summed E-state index contributed by atoms with van der Waals surface area (Å²) >= 11 is 0. The fraction of sp³-hybridized carbons (Fsp3) is 0.778. The number of aliphatic carboxylic acids is 1. The highest BCUT2D eigenvalue weighted by atomic mass is 16.4. The fourth-order valence-corrected chi connectivity index (χ4v) is 1.50. The van der Waals surface area contributed by atoms with Gasteiger partial charge < -0.3 is 10.0 Å². The molecule has 4 nitrogen and oxygen atoms in total. The van der Waals surface area contributed by atoms with Crippen molar-refractivity contribution in [3.8, 4) is 0 Å². The van der Waals surface area contributed by atoms with Crippen molar-refractivity contribution in [2.24, 2.45) is 5.92 Å². The second-order valence-electron chi connectivity index (χ2n) is 3.32. The van der Waals surface area contributed by atoms with Gasteiger partial charge in [-0.2, -0.15) is 0 Å². The van der Waals surface area contributed by atoms with Crippen LogP contribution in [0.15, 0.2) is 0 Å². The van der Waals surface area contributed by atoms with Crippen molar-refractivity contribution in [2.75, 3.05) is 7.05 Å². The number of carbonyl (C=O) groups is 2. The Balaban J connectivity index is 4.40. The Morgan fingerprint density at radius 2 is 2.15 bits per heavy atom. The van der Waals surface area contributed by atoms with E-state index in [1.807, 2.05) is 13.8 Å². The molecule has 76 valence electrons. The Kier molecular flexibility index (Phi) is 5.11. The zero-order valence-electron chi connectivity index (χ0n) is 8.36. The van der Waals surface area contributed by atoms with Crippen LogP contribution in [0.25, 0.3) is 0 Å². The van der Waals surface area contributed by atoms with Crippen molar-refractivity contribution < 1.29 is 14.7 Å². The first-order valence-corrected chi connectivity index (χ1v) is 4.44. The maximum absolute atomic E-state index is 10.8. The van der Waals surface area contributed by atoms with Gasteiger partial charge in [0.25, 0.3) is 0 Å². The van der Waals surface area contributed by atoms with E-state index < -0.39 is 12.0 Å². The maximum atomic E-state index is 10.8. The highest BCUT2D eigenvalue weighted by Crippen LogP contribution is 2.14. The summed E-state index contributed by atoms with van der Waals surface area (Å²) < 4.78 is 0. The number of hydrogen-bond acceptors (Lipinski definition) is 2. The third-order valence-electron chi connectivity index (χ3n) is 2.14. The average Bonchev–Trinajstić information content (AvgIpc) is 2.04. The van der Waals surface area contributed by atoms with Crippen LogP contribution in [0.3, 0.4) is 0 Å². The van der Waals surface area contributed by atoms with Crippen molar-refractivity contribution in [3.63, 3.8) is 0 Å². The van der Waals surface area contributed by atoms with E-state index in [4.69, 9.17) is 5.11 Å². The molecule has 0 radical (unpaired) electrons. The number of carboxylic acids is 1. The molecule has 2 unspecified atom stereocenters. The SMILES string of the molecule is CCCC(C)C(C(=O)O)N(C)C=O. The summed E-state index contributed by atoms with van der Waals surface area (Å²) in [5.74, 6) is -0.937. The predicted octanol–water partition coefficient (Wildman–Crippen LogP) is 0.964. The van der Waals surface area contributed by atoms with Crippen LogP contribution in [0, 0.1) is 5.92 Å². The van der Waals surface area contributed by atoms with Crippen LogP contribution >= 0.6 is 0 Å². The number of rotatable bonds is 6. The first kappa shape index (κ1) is 11.9. The molecule has 0 aliphatic heterocycles. The minimum absolute atomic E-state index is 0.00213. The molecule has 0 aliphatic carbocycles. The second-order valence-corrected chi connectivity index (χ2v) is 3.32. The van der Waals surface area contributed by atoms with Gasteiger partial charge in [-0.05, 0) is 12.3 Å². The Hall–Kier alpha value is -1.06. The molecule has 0 rings (SSSR count). The number of amides is 1. The number of likely N-dealkylation sites (N-methyl/N-ethyl adjacent to an activating group) is 1. The van der Waals surface area contributed by atoms with E-state index in [1.165, 1.54) is 11.9 Å². The van der Waals surface area contributed by atoms with E-state index in [2.05, 4.69) is 0 Å². The van der Waals surface area contributed by atoms with Gasteiger partial charge >= 0.3 is 5.97 Å². The van der Waals surface area contributed by atoms with E-state index >= 15 is 0 Å². The Morgan fingerprint density at radius 3 is 2.46 bits per heavy atom. The van der Waals surface area contributed by atoms with Gasteiger partial charge in [0.2, 0.25) is 6.41 Å². The summed E-state index contributed by atoms with van der Waals surface area (Å²) in [4.78, 5) is 22.4. The molecular formula is C9H17NO3. The lowest BCUT2D eigenvalue weighted by atomic mass is 9.96. The molecule has 0 aromatic heterocycles. The van der Waals surface area contributed by atoms with Crippen LogP contribution in [0.4, 0.5) is 0 Å². The standard InChI is InChI=1S/C9H17NO3/c1-4-5-7(2)8(9(12)13)10(3)6-11/h6-8H,4-5H2,1-3H3,(H,12,13). The van der Waals surface area contributed by atoms with Gasteiger partial charge in [0, 0.05) is 7.05 Å². The van der Waals surface area contributed by atoms with Gasteiger partial charge in [0.05, 0.1) is 0 Å². The largest absolute Gasteiger partial charge is 0.480 e. The molecule has 0 saturated heterocycles. The lowest BCUT2D eigenvalue weighted by Gasteiger charge is -2.25. The molecule has 1 amide bonds. The maximum Gasteiger partial charge on any atom is 0.326 e. The minimum Gasteiger partial charge on any atom is -0.480 e. The Labute approximate surface area is 78.5 Å². The van der Waals surface area contributed by atoms with E-state index in [-0.39, 0.29) is 5.92 Å². The van der Waals surface area contributed by atoms with Crippen LogP contribution in [-0.4, -0.2) is 35.5 Å². The normalized spacial score (nSPS) is 14.7. The van der Waals surface area contributed by atoms with E-state index in [0.717, 1.165) is 12.8 Å². The van der Waals surface area contributed by atoms with Crippen LogP contribution < -0.4 is 0 Å². The molecular weight excluding hydrogens is 170 g/mol. The number of nitrogens with zero attached hydrogens (tertiary/aromatic N) is 1. The fourth-order valence-electron chi connectivity index (χ4n) is 1.50. The number of hydrogen-bond donors (Lipinski definition) is 1. The van der Waals surface area contributed by atoms with Crippen molar-refractivity contribution in [1.82, 2.24) is 4.90 Å². The number of carbonyl (C=O) groups excluding carboxylic acids is 1. The lowest BCUT2D eigenvalue weighted by Crippen LogP contribution is -2.42. The topological polar surface area (TPSA) is 57.6 Å². The van der Waals surface area contributed by atoms with Gasteiger partial charge in [0.1, 0.15) is 6.04 Å². The summed E-state index contributed by atoms with van der Waals surface area (Å²) in [7, 11) is 1.50. The molecule has 0 heterocycles. The molecule has 0 fully saturated rings. The number of carboxylic acid groups (broad SMARTS) is 1. The third kappa shape index (κ3) is 3.44. The van der Waals surface area contributed by atoms with Gasteiger partial charge in [0.15, 0.2) is 0 Å². The van der Waals surface area contributed by atoms with Crippen LogP contribution in [-0.2, 0) is 9.59 Å². The molecule has 4 heteroatoms. The van der Waals surface area contributed by atoms with Crippen molar-refractivity contribution in [3.05, 3.63) is 0 Å². The molecule has 2 atom stereocenters. The minimum atomic E-state index is -0.935. The first-order chi connectivity index (χ1) is 6.04. The van der Waals surface area contributed by atoms with E-state index in [1.54, 1.807) is 0 Å². The summed E-state index contributed by atoms with van der Waals surface area (Å²) in [5.41, 5.74) is 0. The third-order valence-corrected chi connectivity index (χ3v) is 2.14. The average molecular weight is 187 g/mol. The van der Waals surface area contributed by atoms with Crippen molar-refractivity contribution in [1.29, 1.82) is 0 Å². The van der Waals surface area contributed by atoms with Gasteiger partial charge in [-0.15, -0.1) is 0 Å². The quantitative estimate of drug-likeness (QED) is 0.630. The molecule has 0 aliphatic rings. The van der Waals surface area contributed by atoms with Gasteiger partial charge in [-0.1, -0.05) is 20.3 Å². The van der Waals surface area contributed by atoms with E-state index in [0.29, 0.717) is 6.41 Å². The molecule has 0 aromatic rings. The Morgan fingerprint density at radius 1 is 1.62 bits per heavy atom. The first-order valence-electron chi connectivity index (χ1n) is 4.44. The van der Waals surface area contributed by atoms with Crippen LogP contribution in [0.1, 0.15) is 26.7 Å². The molecule has 1 N–H and O–H groups in total. The lowest BCUT2D eigenvalue weighted by molar-refractivity contribution is -0.147. The van der Waals surface area contributed by atoms with Gasteiger partial charge in [-0.3, -0.25) is 4.79 Å². The second kappa shape index (κ2) is 5.56. The molecule has 13 heavy (non-hydrogen) atoms. The predicted molar refractivity (Wildman–Crippen MR) is 49.3 cm³/mol. The molecule has 0 spiro atoms. The zero-order chi connectivity index (χ0) is 10.4. The summed E-state index contributed by atoms with van der Waals surface area (Å²) in [5, 5.41) is 8.87. The molecule has 0 aromatic carbocycles. The molecule has 0 bridgehead atoms. The smallest absolute Gasteiger partial charge is 0.326 e. The Bertz CT molecular complexity index is 182. The monoisotopic (exact) mass is 187 g/mol. The zero-order valence-corrected chi connectivity index (χ0v) is 8.36.